The zero-order valence-electron chi connectivity index (χ0n) is 8.60. The number of aromatic nitrogens is 2. The lowest BCUT2D eigenvalue weighted by Crippen LogP contribution is -1.81. The number of aryl methyl sites for hydroxylation is 1. The highest BCUT2D eigenvalue weighted by molar-refractivity contribution is 7.09. The molecule has 0 spiro atoms. The van der Waals surface area contributed by atoms with E-state index in [-0.39, 0.29) is 0 Å². The maximum Gasteiger partial charge on any atom is 0.293 e. The molecule has 0 unspecified atom stereocenters. The minimum atomic E-state index is 0.431. The quantitative estimate of drug-likeness (QED) is 0.707. The van der Waals surface area contributed by atoms with Crippen LogP contribution in [-0.2, 0) is 16.0 Å². The molecular weight excluding hydrogens is 200 g/mol. The maximum absolute atomic E-state index is 9.18. The van der Waals surface area contributed by atoms with Gasteiger partial charge in [-0.15, -0.1) is 21.5 Å². The lowest BCUT2D eigenvalue weighted by atomic mass is 10.3. The molecule has 0 aliphatic rings. The lowest BCUT2D eigenvalue weighted by molar-refractivity contribution is -0.128. The first kappa shape index (κ1) is 13.0. The van der Waals surface area contributed by atoms with Gasteiger partial charge in [0.05, 0.1) is 6.61 Å². The summed E-state index contributed by atoms with van der Waals surface area (Å²) < 4.78 is 4.15. The van der Waals surface area contributed by atoms with Crippen molar-refractivity contribution in [1.29, 1.82) is 0 Å². The summed E-state index contributed by atoms with van der Waals surface area (Å²) in [6, 6.07) is 0. The van der Waals surface area contributed by atoms with Gasteiger partial charge in [0.25, 0.3) is 6.47 Å². The van der Waals surface area contributed by atoms with E-state index in [1.165, 1.54) is 12.8 Å². The zero-order chi connectivity index (χ0) is 10.6. The van der Waals surface area contributed by atoms with Crippen LogP contribution in [-0.4, -0.2) is 23.3 Å². The highest BCUT2D eigenvalue weighted by Gasteiger charge is 1.92. The third-order valence-corrected chi connectivity index (χ3v) is 2.14. The van der Waals surface area contributed by atoms with Crippen LogP contribution in [0.2, 0.25) is 0 Å². The average molecular weight is 216 g/mol. The van der Waals surface area contributed by atoms with Gasteiger partial charge < -0.3 is 4.74 Å². The summed E-state index contributed by atoms with van der Waals surface area (Å²) in [7, 11) is 0. The van der Waals surface area contributed by atoms with Crippen LogP contribution in [0.5, 0.6) is 0 Å². The Kier molecular flexibility index (Phi) is 9.41. The third kappa shape index (κ3) is 7.67. The number of hydrogen-bond donors (Lipinski definition) is 0. The number of rotatable bonds is 5. The number of carbonyl (C=O) groups is 1. The molecule has 0 aliphatic carbocycles. The molecule has 0 saturated carbocycles. The molecule has 1 aromatic rings. The first-order chi connectivity index (χ1) is 6.85. The van der Waals surface area contributed by atoms with Gasteiger partial charge in [-0.2, -0.15) is 0 Å². The van der Waals surface area contributed by atoms with Crippen LogP contribution >= 0.6 is 11.3 Å². The summed E-state index contributed by atoms with van der Waals surface area (Å²) in [4.78, 5) is 9.18. The van der Waals surface area contributed by atoms with Crippen molar-refractivity contribution in [3.63, 3.8) is 0 Å². The number of hydrogen-bond acceptors (Lipinski definition) is 5. The standard InChI is InChI=1S/C6H10N2S.C3H6O2/c1-2-3-4-6-8-7-5-9-6;1-2-5-3-4/h5H,2-4H2,1H3;3H,2H2,1H3. The van der Waals surface area contributed by atoms with Gasteiger partial charge >= 0.3 is 0 Å². The Hall–Kier alpha value is -0.970. The summed E-state index contributed by atoms with van der Waals surface area (Å²) >= 11 is 1.64. The minimum absolute atomic E-state index is 0.431. The molecule has 0 aliphatic heterocycles. The van der Waals surface area contributed by atoms with Crippen molar-refractivity contribution in [2.75, 3.05) is 6.61 Å². The molecule has 0 atom stereocenters. The molecule has 5 heteroatoms. The van der Waals surface area contributed by atoms with E-state index in [1.54, 1.807) is 23.8 Å². The largest absolute Gasteiger partial charge is 0.468 e. The Morgan fingerprint density at radius 2 is 2.36 bits per heavy atom. The summed E-state index contributed by atoms with van der Waals surface area (Å²) in [5.74, 6) is 0. The summed E-state index contributed by atoms with van der Waals surface area (Å²) in [6.45, 7) is 4.85. The Labute approximate surface area is 88.3 Å². The van der Waals surface area contributed by atoms with Crippen molar-refractivity contribution in [2.24, 2.45) is 0 Å². The van der Waals surface area contributed by atoms with Crippen molar-refractivity contribution in [2.45, 2.75) is 33.1 Å². The van der Waals surface area contributed by atoms with Gasteiger partial charge in [0.1, 0.15) is 10.5 Å². The molecule has 0 saturated heterocycles. The number of carbonyl (C=O) groups excluding carboxylic acids is 1. The summed E-state index contributed by atoms with van der Waals surface area (Å²) in [5, 5.41) is 8.83. The van der Waals surface area contributed by atoms with Crippen molar-refractivity contribution >= 4 is 17.8 Å². The highest BCUT2D eigenvalue weighted by Crippen LogP contribution is 2.05. The van der Waals surface area contributed by atoms with Crippen LogP contribution in [0.3, 0.4) is 0 Å². The topological polar surface area (TPSA) is 52.1 Å². The fourth-order valence-corrected chi connectivity index (χ4v) is 1.27. The molecule has 14 heavy (non-hydrogen) atoms. The fraction of sp³-hybridized carbons (Fsp3) is 0.667. The molecule has 0 fully saturated rings. The summed E-state index contributed by atoms with van der Waals surface area (Å²) in [6.07, 6.45) is 3.57. The van der Waals surface area contributed by atoms with Crippen LogP contribution in [0.1, 0.15) is 31.7 Å². The smallest absolute Gasteiger partial charge is 0.293 e. The zero-order valence-corrected chi connectivity index (χ0v) is 9.42. The average Bonchev–Trinajstić information content (AvgIpc) is 2.69. The summed E-state index contributed by atoms with van der Waals surface area (Å²) in [5.41, 5.74) is 1.78. The Morgan fingerprint density at radius 1 is 1.57 bits per heavy atom. The van der Waals surface area contributed by atoms with Gasteiger partial charge in [-0.3, -0.25) is 4.79 Å². The first-order valence-electron chi connectivity index (χ1n) is 4.65. The van der Waals surface area contributed by atoms with E-state index in [0.29, 0.717) is 13.1 Å². The van der Waals surface area contributed by atoms with Crippen molar-refractivity contribution in [1.82, 2.24) is 10.2 Å². The van der Waals surface area contributed by atoms with Crippen molar-refractivity contribution in [3.05, 3.63) is 10.5 Å². The van der Waals surface area contributed by atoms with E-state index < -0.39 is 0 Å². The second-order valence-corrected chi connectivity index (χ2v) is 3.41. The first-order valence-corrected chi connectivity index (χ1v) is 5.53. The molecule has 0 aromatic carbocycles. The molecule has 1 rings (SSSR count). The number of unbranched alkanes of at least 4 members (excludes halogenated alkanes) is 1. The number of ether oxygens (including phenoxy) is 1. The Balaban J connectivity index is 0.000000292. The predicted octanol–water partition coefficient (Wildman–Crippen LogP) is 2.06. The lowest BCUT2D eigenvalue weighted by Gasteiger charge is -1.87. The van der Waals surface area contributed by atoms with Gasteiger partial charge in [-0.05, 0) is 13.3 Å². The van der Waals surface area contributed by atoms with E-state index in [2.05, 4.69) is 21.9 Å². The molecule has 0 amide bonds. The van der Waals surface area contributed by atoms with Gasteiger partial charge in [-0.25, -0.2) is 0 Å². The third-order valence-electron chi connectivity index (χ3n) is 1.38. The van der Waals surface area contributed by atoms with E-state index in [9.17, 15) is 4.79 Å². The van der Waals surface area contributed by atoms with Gasteiger partial charge in [0, 0.05) is 6.42 Å². The molecule has 1 aromatic heterocycles. The van der Waals surface area contributed by atoms with Crippen LogP contribution in [0, 0.1) is 0 Å². The Bertz CT molecular complexity index is 215. The van der Waals surface area contributed by atoms with E-state index >= 15 is 0 Å². The molecule has 80 valence electrons. The SMILES string of the molecule is CCCCc1nncs1.CCOC=O. The molecule has 0 N–H and O–H groups in total. The van der Waals surface area contributed by atoms with Crippen molar-refractivity contribution < 1.29 is 9.53 Å². The van der Waals surface area contributed by atoms with Crippen LogP contribution in [0.4, 0.5) is 0 Å². The number of nitrogens with zero attached hydrogens (tertiary/aromatic N) is 2. The fourth-order valence-electron chi connectivity index (χ4n) is 0.701. The maximum atomic E-state index is 9.18. The van der Waals surface area contributed by atoms with Gasteiger partial charge in [0.2, 0.25) is 0 Å². The minimum Gasteiger partial charge on any atom is -0.468 e. The monoisotopic (exact) mass is 216 g/mol. The molecule has 0 bridgehead atoms. The second-order valence-electron chi connectivity index (χ2n) is 2.49. The van der Waals surface area contributed by atoms with Gasteiger partial charge in [-0.1, -0.05) is 13.3 Å². The molecule has 0 radical (unpaired) electrons. The highest BCUT2D eigenvalue weighted by atomic mass is 32.1. The predicted molar refractivity (Wildman–Crippen MR) is 56.2 cm³/mol. The van der Waals surface area contributed by atoms with Crippen LogP contribution < -0.4 is 0 Å². The van der Waals surface area contributed by atoms with E-state index in [0.717, 1.165) is 11.4 Å². The van der Waals surface area contributed by atoms with E-state index in [4.69, 9.17) is 0 Å². The molecular formula is C9H16N2O2S. The van der Waals surface area contributed by atoms with Crippen molar-refractivity contribution in [3.8, 4) is 0 Å². The second kappa shape index (κ2) is 10.1. The van der Waals surface area contributed by atoms with Crippen LogP contribution in [0.25, 0.3) is 0 Å². The van der Waals surface area contributed by atoms with Crippen LogP contribution in [0.15, 0.2) is 5.51 Å². The molecule has 1 heterocycles. The van der Waals surface area contributed by atoms with E-state index in [1.807, 2.05) is 0 Å². The normalized spacial score (nSPS) is 8.71. The Morgan fingerprint density at radius 3 is 2.71 bits per heavy atom. The molecule has 4 nitrogen and oxygen atoms in total. The van der Waals surface area contributed by atoms with Gasteiger partial charge in [0.15, 0.2) is 0 Å².